The summed E-state index contributed by atoms with van der Waals surface area (Å²) in [7, 11) is 0. The predicted octanol–water partition coefficient (Wildman–Crippen LogP) is 3.66. The number of aromatic nitrogens is 2. The van der Waals surface area contributed by atoms with Gasteiger partial charge in [-0.25, -0.2) is 0 Å². The van der Waals surface area contributed by atoms with Gasteiger partial charge in [0.2, 0.25) is 5.89 Å². The van der Waals surface area contributed by atoms with Crippen LogP contribution in [0, 0.1) is 6.92 Å². The highest BCUT2D eigenvalue weighted by molar-refractivity contribution is 7.98. The van der Waals surface area contributed by atoms with Crippen LogP contribution in [0.15, 0.2) is 33.7 Å². The molecule has 1 aliphatic rings. The summed E-state index contributed by atoms with van der Waals surface area (Å²) in [5.74, 6) is 2.45. The molecule has 1 aromatic heterocycles. The van der Waals surface area contributed by atoms with Crippen LogP contribution >= 0.6 is 11.8 Å². The summed E-state index contributed by atoms with van der Waals surface area (Å²) in [5, 5.41) is 4.10. The molecule has 0 aliphatic heterocycles. The molecule has 21 heavy (non-hydrogen) atoms. The number of aryl methyl sites for hydroxylation is 1. The normalized spacial score (nSPS) is 22.4. The molecule has 1 fully saturated rings. The van der Waals surface area contributed by atoms with Gasteiger partial charge in [0.25, 0.3) is 0 Å². The van der Waals surface area contributed by atoms with E-state index in [0.717, 1.165) is 30.3 Å². The Balaban J connectivity index is 1.62. The van der Waals surface area contributed by atoms with Crippen molar-refractivity contribution in [3.63, 3.8) is 0 Å². The number of hydrogen-bond donors (Lipinski definition) is 1. The zero-order valence-corrected chi connectivity index (χ0v) is 13.1. The van der Waals surface area contributed by atoms with Gasteiger partial charge in [0.15, 0.2) is 5.82 Å². The number of rotatable bonds is 4. The lowest BCUT2D eigenvalue weighted by Crippen LogP contribution is -2.31. The highest BCUT2D eigenvalue weighted by atomic mass is 32.2. The minimum Gasteiger partial charge on any atom is -0.339 e. The van der Waals surface area contributed by atoms with Crippen LogP contribution in [0.2, 0.25) is 0 Å². The van der Waals surface area contributed by atoms with Crippen molar-refractivity contribution in [1.29, 1.82) is 0 Å². The molecule has 0 spiro atoms. The summed E-state index contributed by atoms with van der Waals surface area (Å²) in [5.41, 5.74) is 7.43. The molecule has 1 heterocycles. The van der Waals surface area contributed by atoms with Gasteiger partial charge >= 0.3 is 0 Å². The van der Waals surface area contributed by atoms with Gasteiger partial charge in [-0.05, 0) is 31.9 Å². The maximum absolute atomic E-state index is 6.17. The largest absolute Gasteiger partial charge is 0.339 e. The van der Waals surface area contributed by atoms with Crippen molar-refractivity contribution in [1.82, 2.24) is 10.1 Å². The molecule has 0 amide bonds. The Labute approximate surface area is 129 Å². The second kappa shape index (κ2) is 6.62. The molecule has 5 heteroatoms. The van der Waals surface area contributed by atoms with Crippen molar-refractivity contribution in [2.75, 3.05) is 0 Å². The first-order valence-electron chi connectivity index (χ1n) is 7.50. The molecule has 1 aromatic carbocycles. The summed E-state index contributed by atoms with van der Waals surface area (Å²) >= 11 is 1.73. The van der Waals surface area contributed by atoms with Gasteiger partial charge < -0.3 is 10.3 Å². The third kappa shape index (κ3) is 3.66. The zero-order valence-electron chi connectivity index (χ0n) is 12.3. The van der Waals surface area contributed by atoms with Gasteiger partial charge in [0.1, 0.15) is 0 Å². The Hall–Kier alpha value is -1.33. The molecule has 0 bridgehead atoms. The first kappa shape index (κ1) is 14.6. The van der Waals surface area contributed by atoms with E-state index in [4.69, 9.17) is 10.3 Å². The van der Waals surface area contributed by atoms with Gasteiger partial charge in [0.05, 0.1) is 11.7 Å². The summed E-state index contributed by atoms with van der Waals surface area (Å²) in [6.45, 7) is 2.10. The quantitative estimate of drug-likeness (QED) is 0.873. The van der Waals surface area contributed by atoms with E-state index < -0.39 is 0 Å². The van der Waals surface area contributed by atoms with Crippen molar-refractivity contribution in [3.05, 3.63) is 41.5 Å². The number of hydrogen-bond acceptors (Lipinski definition) is 5. The third-order valence-electron chi connectivity index (χ3n) is 3.98. The molecule has 2 atom stereocenters. The average molecular weight is 303 g/mol. The summed E-state index contributed by atoms with van der Waals surface area (Å²) < 4.78 is 5.43. The lowest BCUT2D eigenvalue weighted by atomic mass is 9.85. The molecule has 112 valence electrons. The molecular weight excluding hydrogens is 282 g/mol. The van der Waals surface area contributed by atoms with Crippen molar-refractivity contribution < 1.29 is 4.52 Å². The van der Waals surface area contributed by atoms with E-state index in [9.17, 15) is 0 Å². The van der Waals surface area contributed by atoms with Crippen LogP contribution in [-0.4, -0.2) is 16.2 Å². The van der Waals surface area contributed by atoms with Gasteiger partial charge in [0, 0.05) is 10.9 Å². The highest BCUT2D eigenvalue weighted by Gasteiger charge is 2.28. The van der Waals surface area contributed by atoms with E-state index in [1.807, 2.05) is 0 Å². The van der Waals surface area contributed by atoms with E-state index in [2.05, 4.69) is 41.3 Å². The molecule has 0 radical (unpaired) electrons. The van der Waals surface area contributed by atoms with Crippen molar-refractivity contribution in [2.24, 2.45) is 5.73 Å². The van der Waals surface area contributed by atoms with Crippen LogP contribution in [0.1, 0.15) is 48.9 Å². The lowest BCUT2D eigenvalue weighted by molar-refractivity contribution is 0.289. The Morgan fingerprint density at radius 1 is 1.33 bits per heavy atom. The molecule has 4 nitrogen and oxygen atoms in total. The molecule has 2 N–H and O–H groups in total. The minimum absolute atomic E-state index is 0.163. The molecule has 2 unspecified atom stereocenters. The SMILES string of the molecule is Cc1cccc(SCc2noc(C3CCCCC3N)n2)c1. The first-order valence-corrected chi connectivity index (χ1v) is 8.48. The van der Waals surface area contributed by atoms with Crippen molar-refractivity contribution in [3.8, 4) is 0 Å². The molecule has 0 saturated heterocycles. The van der Waals surface area contributed by atoms with Crippen LogP contribution in [0.25, 0.3) is 0 Å². The monoisotopic (exact) mass is 303 g/mol. The van der Waals surface area contributed by atoms with Crippen LogP contribution in [0.4, 0.5) is 0 Å². The minimum atomic E-state index is 0.163. The van der Waals surface area contributed by atoms with E-state index >= 15 is 0 Å². The van der Waals surface area contributed by atoms with Gasteiger partial charge in [-0.15, -0.1) is 11.8 Å². The van der Waals surface area contributed by atoms with Crippen molar-refractivity contribution >= 4 is 11.8 Å². The van der Waals surface area contributed by atoms with Crippen LogP contribution in [0.5, 0.6) is 0 Å². The van der Waals surface area contributed by atoms with Crippen molar-refractivity contribution in [2.45, 2.75) is 55.2 Å². The maximum Gasteiger partial charge on any atom is 0.231 e. The third-order valence-corrected chi connectivity index (χ3v) is 4.97. The van der Waals surface area contributed by atoms with E-state index in [1.54, 1.807) is 11.8 Å². The van der Waals surface area contributed by atoms with Crippen LogP contribution in [0.3, 0.4) is 0 Å². The Morgan fingerprint density at radius 2 is 2.19 bits per heavy atom. The van der Waals surface area contributed by atoms with E-state index in [-0.39, 0.29) is 12.0 Å². The van der Waals surface area contributed by atoms with Crippen LogP contribution < -0.4 is 5.73 Å². The Morgan fingerprint density at radius 3 is 3.00 bits per heavy atom. The second-order valence-electron chi connectivity index (χ2n) is 5.71. The van der Waals surface area contributed by atoms with Gasteiger partial charge in [-0.3, -0.25) is 0 Å². The molecular formula is C16H21N3OS. The fourth-order valence-corrected chi connectivity index (χ4v) is 3.65. The first-order chi connectivity index (χ1) is 10.2. The fourth-order valence-electron chi connectivity index (χ4n) is 2.80. The van der Waals surface area contributed by atoms with E-state index in [0.29, 0.717) is 0 Å². The number of nitrogens with two attached hydrogens (primary N) is 1. The number of benzene rings is 1. The standard InChI is InChI=1S/C16H21N3OS/c1-11-5-4-6-12(9-11)21-10-15-18-16(20-19-15)13-7-2-3-8-14(13)17/h4-6,9,13-14H,2-3,7-8,10,17H2,1H3. The van der Waals surface area contributed by atoms with Gasteiger partial charge in [-0.2, -0.15) is 4.98 Å². The predicted molar refractivity (Wildman–Crippen MR) is 84.2 cm³/mol. The molecule has 2 aromatic rings. The van der Waals surface area contributed by atoms with Gasteiger partial charge in [-0.1, -0.05) is 35.7 Å². The number of thioether (sulfide) groups is 1. The topological polar surface area (TPSA) is 64.9 Å². The highest BCUT2D eigenvalue weighted by Crippen LogP contribution is 2.31. The average Bonchev–Trinajstić information content (AvgIpc) is 2.94. The Bertz CT molecular complexity index is 599. The Kier molecular flexibility index (Phi) is 4.60. The van der Waals surface area contributed by atoms with E-state index in [1.165, 1.54) is 23.3 Å². The number of nitrogens with zero attached hydrogens (tertiary/aromatic N) is 2. The molecule has 1 saturated carbocycles. The fraction of sp³-hybridized carbons (Fsp3) is 0.500. The molecule has 3 rings (SSSR count). The summed E-state index contributed by atoms with van der Waals surface area (Å²) in [6.07, 6.45) is 4.53. The molecule has 1 aliphatic carbocycles. The maximum atomic E-state index is 6.17. The summed E-state index contributed by atoms with van der Waals surface area (Å²) in [6, 6.07) is 8.61. The second-order valence-corrected chi connectivity index (χ2v) is 6.76. The van der Waals surface area contributed by atoms with Crippen LogP contribution in [-0.2, 0) is 5.75 Å². The lowest BCUT2D eigenvalue weighted by Gasteiger charge is -2.25. The zero-order chi connectivity index (χ0) is 14.7. The smallest absolute Gasteiger partial charge is 0.231 e. The summed E-state index contributed by atoms with van der Waals surface area (Å²) in [4.78, 5) is 5.78.